The van der Waals surface area contributed by atoms with E-state index in [4.69, 9.17) is 0 Å². The summed E-state index contributed by atoms with van der Waals surface area (Å²) in [6.07, 6.45) is 4.63. The van der Waals surface area contributed by atoms with Crippen molar-refractivity contribution in [3.05, 3.63) is 35.9 Å². The number of aliphatic carboxylic acids is 1. The third-order valence-electron chi connectivity index (χ3n) is 5.62. The molecule has 0 unspecified atom stereocenters. The molecule has 2 amide bonds. The van der Waals surface area contributed by atoms with Crippen LogP contribution in [0, 0.1) is 5.92 Å². The van der Waals surface area contributed by atoms with Gasteiger partial charge < -0.3 is 15.3 Å². The molecule has 26 heavy (non-hydrogen) atoms. The summed E-state index contributed by atoms with van der Waals surface area (Å²) in [4.78, 5) is 38.0. The fourth-order valence-electron chi connectivity index (χ4n) is 4.50. The number of carbonyl (C=O) groups is 3. The normalized spacial score (nSPS) is 26.0. The maximum absolute atomic E-state index is 13.1. The number of likely N-dealkylation sites (tertiary alicyclic amines) is 1. The third kappa shape index (κ3) is 3.89. The Morgan fingerprint density at radius 3 is 2.54 bits per heavy atom. The first kappa shape index (κ1) is 18.4. The van der Waals surface area contributed by atoms with Crippen LogP contribution >= 0.6 is 0 Å². The first-order valence-electron chi connectivity index (χ1n) is 9.33. The number of rotatable bonds is 5. The Morgan fingerprint density at radius 2 is 1.88 bits per heavy atom. The summed E-state index contributed by atoms with van der Waals surface area (Å²) in [5.41, 5.74) is 0.849. The lowest BCUT2D eigenvalue weighted by molar-refractivity contribution is -0.150. The van der Waals surface area contributed by atoms with E-state index in [1.54, 1.807) is 4.90 Å². The van der Waals surface area contributed by atoms with Gasteiger partial charge in [-0.05, 0) is 30.7 Å². The van der Waals surface area contributed by atoms with Crippen LogP contribution in [0.1, 0.15) is 57.1 Å². The summed E-state index contributed by atoms with van der Waals surface area (Å²) in [6.45, 7) is 1.42. The molecule has 0 radical (unpaired) electrons. The molecule has 1 aliphatic carbocycles. The summed E-state index contributed by atoms with van der Waals surface area (Å²) in [6, 6.07) is 8.17. The number of fused-ring (bicyclic) bond motifs is 1. The van der Waals surface area contributed by atoms with Crippen LogP contribution in [0.3, 0.4) is 0 Å². The maximum atomic E-state index is 13.1. The molecule has 0 aromatic heterocycles. The molecular weight excluding hydrogens is 332 g/mol. The van der Waals surface area contributed by atoms with Gasteiger partial charge in [0.15, 0.2) is 0 Å². The predicted octanol–water partition coefficient (Wildman–Crippen LogP) is 2.50. The van der Waals surface area contributed by atoms with Crippen LogP contribution in [0.5, 0.6) is 0 Å². The first-order valence-corrected chi connectivity index (χ1v) is 9.33. The number of nitrogens with one attached hydrogen (secondary N) is 1. The van der Waals surface area contributed by atoms with Gasteiger partial charge in [0.1, 0.15) is 6.04 Å². The molecule has 1 saturated heterocycles. The topological polar surface area (TPSA) is 86.7 Å². The van der Waals surface area contributed by atoms with Gasteiger partial charge in [0.25, 0.3) is 0 Å². The SMILES string of the molecule is CC(=O)N[C@H](CC(=O)N1[C@@H]2CCCC[C@H]2C[C@H]1C(=O)O)c1ccccc1. The number of hydrogen-bond acceptors (Lipinski definition) is 3. The summed E-state index contributed by atoms with van der Waals surface area (Å²) in [5, 5.41) is 12.4. The van der Waals surface area contributed by atoms with Gasteiger partial charge in [-0.1, -0.05) is 43.2 Å². The van der Waals surface area contributed by atoms with E-state index in [9.17, 15) is 19.5 Å². The van der Waals surface area contributed by atoms with E-state index in [1.165, 1.54) is 6.92 Å². The zero-order valence-electron chi connectivity index (χ0n) is 15.1. The molecule has 1 heterocycles. The van der Waals surface area contributed by atoms with Gasteiger partial charge in [-0.15, -0.1) is 0 Å². The minimum Gasteiger partial charge on any atom is -0.480 e. The van der Waals surface area contributed by atoms with Crippen LogP contribution in [0.4, 0.5) is 0 Å². The van der Waals surface area contributed by atoms with Gasteiger partial charge in [0.2, 0.25) is 11.8 Å². The third-order valence-corrected chi connectivity index (χ3v) is 5.62. The van der Waals surface area contributed by atoms with Crippen LogP contribution in [0.15, 0.2) is 30.3 Å². The lowest BCUT2D eigenvalue weighted by atomic mass is 9.84. The standard InChI is InChI=1S/C20H26N2O4/c1-13(23)21-16(14-7-3-2-4-8-14)12-19(24)22-17-10-6-5-9-15(17)11-18(22)20(25)26/h2-4,7-8,15-18H,5-6,9-12H2,1H3,(H,21,23)(H,25,26)/t15-,16+,17+,18-/m0/s1. The van der Waals surface area contributed by atoms with Crippen molar-refractivity contribution in [3.63, 3.8) is 0 Å². The van der Waals surface area contributed by atoms with Gasteiger partial charge >= 0.3 is 5.97 Å². The molecule has 2 N–H and O–H groups in total. The highest BCUT2D eigenvalue weighted by molar-refractivity contribution is 5.85. The Kier molecular flexibility index (Phi) is 5.59. The van der Waals surface area contributed by atoms with Crippen molar-refractivity contribution in [3.8, 4) is 0 Å². The van der Waals surface area contributed by atoms with E-state index in [0.29, 0.717) is 6.42 Å². The van der Waals surface area contributed by atoms with Gasteiger partial charge in [0, 0.05) is 13.0 Å². The highest BCUT2D eigenvalue weighted by atomic mass is 16.4. The highest BCUT2D eigenvalue weighted by Crippen LogP contribution is 2.40. The minimum absolute atomic E-state index is 0.0195. The van der Waals surface area contributed by atoms with E-state index in [-0.39, 0.29) is 30.2 Å². The summed E-state index contributed by atoms with van der Waals surface area (Å²) in [7, 11) is 0. The number of carbonyl (C=O) groups excluding carboxylic acids is 2. The zero-order chi connectivity index (χ0) is 18.7. The predicted molar refractivity (Wildman–Crippen MR) is 96.2 cm³/mol. The molecule has 6 heteroatoms. The molecule has 0 bridgehead atoms. The molecule has 0 spiro atoms. The smallest absolute Gasteiger partial charge is 0.326 e. The van der Waals surface area contributed by atoms with E-state index >= 15 is 0 Å². The Balaban J connectivity index is 1.80. The zero-order valence-corrected chi connectivity index (χ0v) is 15.1. The molecule has 6 nitrogen and oxygen atoms in total. The molecule has 4 atom stereocenters. The number of amides is 2. The number of carboxylic acid groups (broad SMARTS) is 1. The Bertz CT molecular complexity index is 676. The molecule has 140 valence electrons. The molecule has 3 rings (SSSR count). The van der Waals surface area contributed by atoms with Crippen molar-refractivity contribution in [1.82, 2.24) is 10.2 Å². The second-order valence-electron chi connectivity index (χ2n) is 7.37. The average molecular weight is 358 g/mol. The maximum Gasteiger partial charge on any atom is 0.326 e. The molecule has 2 aliphatic rings. The van der Waals surface area contributed by atoms with Crippen molar-refractivity contribution >= 4 is 17.8 Å². The second kappa shape index (κ2) is 7.89. The van der Waals surface area contributed by atoms with Crippen LogP contribution in [-0.2, 0) is 14.4 Å². The lowest BCUT2D eigenvalue weighted by Crippen LogP contribution is -2.47. The number of nitrogens with zero attached hydrogens (tertiary/aromatic N) is 1. The monoisotopic (exact) mass is 358 g/mol. The molecular formula is C20H26N2O4. The highest BCUT2D eigenvalue weighted by Gasteiger charge is 2.47. The fourth-order valence-corrected chi connectivity index (χ4v) is 4.50. The lowest BCUT2D eigenvalue weighted by Gasteiger charge is -2.34. The summed E-state index contributed by atoms with van der Waals surface area (Å²) < 4.78 is 0. The molecule has 2 fully saturated rings. The van der Waals surface area contributed by atoms with Crippen LogP contribution in [0.2, 0.25) is 0 Å². The second-order valence-corrected chi connectivity index (χ2v) is 7.37. The van der Waals surface area contributed by atoms with Crippen molar-refractivity contribution < 1.29 is 19.5 Å². The fraction of sp³-hybridized carbons (Fsp3) is 0.550. The molecule has 1 aromatic rings. The van der Waals surface area contributed by atoms with Crippen LogP contribution < -0.4 is 5.32 Å². The summed E-state index contributed by atoms with van der Waals surface area (Å²) >= 11 is 0. The summed E-state index contributed by atoms with van der Waals surface area (Å²) in [5.74, 6) is -1.04. The van der Waals surface area contributed by atoms with Gasteiger partial charge in [-0.3, -0.25) is 9.59 Å². The quantitative estimate of drug-likeness (QED) is 0.847. The molecule has 1 aromatic carbocycles. The van der Waals surface area contributed by atoms with Gasteiger partial charge in [-0.25, -0.2) is 4.79 Å². The number of hydrogen-bond donors (Lipinski definition) is 2. The first-order chi connectivity index (χ1) is 12.5. The van der Waals surface area contributed by atoms with Crippen molar-refractivity contribution in [2.75, 3.05) is 0 Å². The van der Waals surface area contributed by atoms with Crippen LogP contribution in [0.25, 0.3) is 0 Å². The number of benzene rings is 1. The van der Waals surface area contributed by atoms with Gasteiger partial charge in [-0.2, -0.15) is 0 Å². The number of carboxylic acids is 1. The Morgan fingerprint density at radius 1 is 1.19 bits per heavy atom. The van der Waals surface area contributed by atoms with Crippen molar-refractivity contribution in [2.24, 2.45) is 5.92 Å². The largest absolute Gasteiger partial charge is 0.480 e. The van der Waals surface area contributed by atoms with Crippen molar-refractivity contribution in [2.45, 2.75) is 63.6 Å². The van der Waals surface area contributed by atoms with E-state index in [2.05, 4.69) is 5.32 Å². The van der Waals surface area contributed by atoms with E-state index in [1.807, 2.05) is 30.3 Å². The minimum atomic E-state index is -0.927. The average Bonchev–Trinajstić information content (AvgIpc) is 3.01. The molecule has 1 aliphatic heterocycles. The molecule has 1 saturated carbocycles. The Hall–Kier alpha value is -2.37. The Labute approximate surface area is 153 Å². The van der Waals surface area contributed by atoms with Gasteiger partial charge in [0.05, 0.1) is 12.5 Å². The van der Waals surface area contributed by atoms with E-state index < -0.39 is 18.1 Å². The van der Waals surface area contributed by atoms with Crippen LogP contribution in [-0.4, -0.2) is 39.9 Å². The van der Waals surface area contributed by atoms with E-state index in [0.717, 1.165) is 31.2 Å². The van der Waals surface area contributed by atoms with Crippen molar-refractivity contribution in [1.29, 1.82) is 0 Å².